The molecule has 6 unspecified atom stereocenters. The number of aliphatic hydroxyl groups excluding tert-OH is 1. The molecule has 0 amide bonds. The molecule has 0 radical (unpaired) electrons. The van der Waals surface area contributed by atoms with Crippen LogP contribution in [0.1, 0.15) is 127 Å². The Morgan fingerprint density at radius 2 is 1.60 bits per heavy atom. The lowest BCUT2D eigenvalue weighted by Gasteiger charge is -2.54. The van der Waals surface area contributed by atoms with E-state index in [2.05, 4.69) is 13.0 Å². The number of phenolic OH excluding ortho intramolecular Hbond substituents is 1. The standard InChI is InChI=1S/C34H49F5O4/c1-32-21-24(30-26-16-14-25(40)20-23(26)13-15-27(30)28(32)17-18-29(32)41)11-8-6-4-2-3-5-7-10-22(31(42)43)12-9-19-33(35,36)34(37,38)39/h14,16,20,22,24,27-30,40-41H,2-13,15,17-19,21H2,1H3,(H,42,43)/t22?,24?,27?,28?,29?,30?,32-/m0/s1. The van der Waals surface area contributed by atoms with E-state index in [1.807, 2.05) is 12.1 Å². The summed E-state index contributed by atoms with van der Waals surface area (Å²) in [4.78, 5) is 11.5. The number of benzene rings is 1. The molecule has 3 aliphatic carbocycles. The van der Waals surface area contributed by atoms with Crippen molar-refractivity contribution in [2.45, 2.75) is 140 Å². The molecule has 244 valence electrons. The molecule has 9 heteroatoms. The number of halogens is 5. The number of fused-ring (bicyclic) bond motifs is 5. The van der Waals surface area contributed by atoms with Gasteiger partial charge in [-0.2, -0.15) is 22.0 Å². The number of rotatable bonds is 15. The molecule has 3 N–H and O–H groups in total. The Balaban J connectivity index is 1.18. The quantitative estimate of drug-likeness (QED) is 0.136. The van der Waals surface area contributed by atoms with E-state index in [-0.39, 0.29) is 17.9 Å². The van der Waals surface area contributed by atoms with Gasteiger partial charge in [-0.05, 0) is 110 Å². The minimum Gasteiger partial charge on any atom is -0.508 e. The molecule has 4 rings (SSSR count). The summed E-state index contributed by atoms with van der Waals surface area (Å²) in [5.74, 6) is -4.37. The zero-order valence-electron chi connectivity index (χ0n) is 25.4. The van der Waals surface area contributed by atoms with Crippen molar-refractivity contribution in [2.75, 3.05) is 0 Å². The topological polar surface area (TPSA) is 77.8 Å². The molecule has 3 aliphatic rings. The van der Waals surface area contributed by atoms with Gasteiger partial charge in [-0.1, -0.05) is 57.9 Å². The first-order valence-corrected chi connectivity index (χ1v) is 16.4. The minimum atomic E-state index is -5.60. The number of carbonyl (C=O) groups is 1. The van der Waals surface area contributed by atoms with Gasteiger partial charge in [0.1, 0.15) is 5.75 Å². The van der Waals surface area contributed by atoms with Crippen molar-refractivity contribution in [1.82, 2.24) is 0 Å². The summed E-state index contributed by atoms with van der Waals surface area (Å²) in [5.41, 5.74) is 2.65. The van der Waals surface area contributed by atoms with E-state index in [9.17, 15) is 42.1 Å². The van der Waals surface area contributed by atoms with Gasteiger partial charge >= 0.3 is 18.1 Å². The number of unbranched alkanes of at least 4 members (excludes halogenated alkanes) is 6. The molecular formula is C34H49F5O4. The first-order valence-electron chi connectivity index (χ1n) is 16.4. The number of aliphatic carboxylic acids is 1. The van der Waals surface area contributed by atoms with Gasteiger partial charge in [-0.3, -0.25) is 4.79 Å². The minimum absolute atomic E-state index is 0.0206. The fraction of sp³-hybridized carbons (Fsp3) is 0.794. The smallest absolute Gasteiger partial charge is 0.453 e. The van der Waals surface area contributed by atoms with Crippen LogP contribution in [0.5, 0.6) is 5.75 Å². The van der Waals surface area contributed by atoms with Crippen molar-refractivity contribution >= 4 is 5.97 Å². The molecule has 2 fully saturated rings. The summed E-state index contributed by atoms with van der Waals surface area (Å²) in [6, 6.07) is 5.89. The van der Waals surface area contributed by atoms with Gasteiger partial charge in [0.25, 0.3) is 0 Å². The van der Waals surface area contributed by atoms with Crippen molar-refractivity contribution in [2.24, 2.45) is 29.1 Å². The van der Waals surface area contributed by atoms with Crippen molar-refractivity contribution in [3.05, 3.63) is 29.3 Å². The van der Waals surface area contributed by atoms with Gasteiger partial charge in [-0.15, -0.1) is 0 Å². The summed E-state index contributed by atoms with van der Waals surface area (Å²) in [6.45, 7) is 2.30. The van der Waals surface area contributed by atoms with E-state index in [1.165, 1.54) is 11.1 Å². The molecular weight excluding hydrogens is 567 g/mol. The Morgan fingerprint density at radius 3 is 2.28 bits per heavy atom. The van der Waals surface area contributed by atoms with Crippen LogP contribution in [-0.4, -0.2) is 39.5 Å². The highest BCUT2D eigenvalue weighted by atomic mass is 19.4. The molecule has 0 aromatic heterocycles. The third-order valence-electron chi connectivity index (χ3n) is 11.2. The molecule has 1 aromatic rings. The van der Waals surface area contributed by atoms with E-state index < -0.39 is 36.8 Å². The Hall–Kier alpha value is -1.90. The van der Waals surface area contributed by atoms with Gasteiger partial charge in [0.2, 0.25) is 0 Å². The van der Waals surface area contributed by atoms with Gasteiger partial charge in [0, 0.05) is 6.42 Å². The maximum absolute atomic E-state index is 13.1. The van der Waals surface area contributed by atoms with E-state index >= 15 is 0 Å². The summed E-state index contributed by atoms with van der Waals surface area (Å²) in [7, 11) is 0. The van der Waals surface area contributed by atoms with Crippen LogP contribution in [0.2, 0.25) is 0 Å². The average molecular weight is 617 g/mol. The molecule has 0 spiro atoms. The number of alkyl halides is 5. The third kappa shape index (κ3) is 7.85. The Bertz CT molecular complexity index is 1080. The number of hydrogen-bond donors (Lipinski definition) is 3. The highest BCUT2D eigenvalue weighted by Gasteiger charge is 2.58. The Kier molecular flexibility index (Phi) is 11.1. The highest BCUT2D eigenvalue weighted by molar-refractivity contribution is 5.69. The summed E-state index contributed by atoms with van der Waals surface area (Å²) in [6.07, 6.45) is 5.37. The summed E-state index contributed by atoms with van der Waals surface area (Å²) in [5, 5.41) is 30.4. The van der Waals surface area contributed by atoms with E-state index in [1.54, 1.807) is 0 Å². The number of aryl methyl sites for hydroxylation is 1. The Labute approximate surface area is 252 Å². The second kappa shape index (κ2) is 14.0. The van der Waals surface area contributed by atoms with Crippen LogP contribution in [0.15, 0.2) is 18.2 Å². The second-order valence-electron chi connectivity index (χ2n) is 14.0. The van der Waals surface area contributed by atoms with Crippen LogP contribution >= 0.6 is 0 Å². The van der Waals surface area contributed by atoms with Crippen LogP contribution in [-0.2, 0) is 11.2 Å². The molecule has 4 nitrogen and oxygen atoms in total. The van der Waals surface area contributed by atoms with Crippen LogP contribution in [0.3, 0.4) is 0 Å². The number of aliphatic hydroxyl groups is 1. The fourth-order valence-electron chi connectivity index (χ4n) is 8.91. The van der Waals surface area contributed by atoms with Gasteiger partial charge in [-0.25, -0.2) is 0 Å². The predicted octanol–water partition coefficient (Wildman–Crippen LogP) is 9.41. The number of hydrogen-bond acceptors (Lipinski definition) is 3. The van der Waals surface area contributed by atoms with Gasteiger partial charge in [0.15, 0.2) is 0 Å². The molecule has 0 aliphatic heterocycles. The van der Waals surface area contributed by atoms with Crippen LogP contribution in [0.25, 0.3) is 0 Å². The summed E-state index contributed by atoms with van der Waals surface area (Å²) >= 11 is 0. The molecule has 2 saturated carbocycles. The molecule has 1 aromatic carbocycles. The zero-order chi connectivity index (χ0) is 31.4. The molecule has 7 atom stereocenters. The van der Waals surface area contributed by atoms with Crippen molar-refractivity contribution in [3.8, 4) is 5.75 Å². The van der Waals surface area contributed by atoms with Gasteiger partial charge < -0.3 is 15.3 Å². The number of carboxylic acids is 1. The highest BCUT2D eigenvalue weighted by Crippen LogP contribution is 2.63. The van der Waals surface area contributed by atoms with E-state index in [0.717, 1.165) is 77.0 Å². The number of carboxylic acid groups (broad SMARTS) is 1. The largest absolute Gasteiger partial charge is 0.508 e. The maximum Gasteiger partial charge on any atom is 0.453 e. The molecule has 43 heavy (non-hydrogen) atoms. The lowest BCUT2D eigenvalue weighted by molar-refractivity contribution is -0.284. The Morgan fingerprint density at radius 1 is 0.953 bits per heavy atom. The molecule has 0 bridgehead atoms. The first-order chi connectivity index (χ1) is 20.2. The number of phenols is 1. The molecule has 0 saturated heterocycles. The second-order valence-corrected chi connectivity index (χ2v) is 14.0. The fourth-order valence-corrected chi connectivity index (χ4v) is 8.91. The SMILES string of the molecule is C[C@]12CC(CCCCCCCCCC(CCCC(F)(F)C(F)(F)F)C(=O)O)C3c4ccc(O)cc4CCC3C1CCC2O. The third-order valence-corrected chi connectivity index (χ3v) is 11.2. The zero-order valence-corrected chi connectivity index (χ0v) is 25.4. The van der Waals surface area contributed by atoms with E-state index in [4.69, 9.17) is 0 Å². The van der Waals surface area contributed by atoms with Crippen molar-refractivity contribution in [3.63, 3.8) is 0 Å². The van der Waals surface area contributed by atoms with E-state index in [0.29, 0.717) is 42.3 Å². The van der Waals surface area contributed by atoms with Gasteiger partial charge in [0.05, 0.1) is 12.0 Å². The van der Waals surface area contributed by atoms with Crippen molar-refractivity contribution < 1.29 is 42.1 Å². The molecule has 0 heterocycles. The predicted molar refractivity (Wildman–Crippen MR) is 155 cm³/mol. The lowest BCUT2D eigenvalue weighted by Crippen LogP contribution is -2.47. The van der Waals surface area contributed by atoms with Crippen LogP contribution < -0.4 is 0 Å². The first kappa shape index (κ1) is 34.0. The van der Waals surface area contributed by atoms with Crippen LogP contribution in [0, 0.1) is 29.1 Å². The lowest BCUT2D eigenvalue weighted by atomic mass is 9.51. The van der Waals surface area contributed by atoms with Crippen molar-refractivity contribution in [1.29, 1.82) is 0 Å². The maximum atomic E-state index is 13.1. The number of aromatic hydroxyl groups is 1. The normalized spacial score (nSPS) is 29.5. The summed E-state index contributed by atoms with van der Waals surface area (Å²) < 4.78 is 63.2. The monoisotopic (exact) mass is 616 g/mol. The average Bonchev–Trinajstić information content (AvgIpc) is 3.23. The van der Waals surface area contributed by atoms with Crippen LogP contribution in [0.4, 0.5) is 22.0 Å².